The predicted molar refractivity (Wildman–Crippen MR) is 124 cm³/mol. The molecule has 1 atom stereocenters. The summed E-state index contributed by atoms with van der Waals surface area (Å²) in [6, 6.07) is 11.8. The van der Waals surface area contributed by atoms with E-state index in [0.29, 0.717) is 29.0 Å². The summed E-state index contributed by atoms with van der Waals surface area (Å²) in [7, 11) is -2.44. The fourth-order valence-electron chi connectivity index (χ4n) is 3.66. The highest BCUT2D eigenvalue weighted by Crippen LogP contribution is 2.42. The number of carbonyl (C=O) groups excluding carboxylic acids is 1. The second-order valence-corrected chi connectivity index (χ2v) is 11.2. The number of hydrogen-bond acceptors (Lipinski definition) is 8. The molecule has 0 fully saturated rings. The van der Waals surface area contributed by atoms with Crippen molar-refractivity contribution in [2.45, 2.75) is 43.2 Å². The number of aromatic nitrogens is 2. The molecule has 0 spiro atoms. The van der Waals surface area contributed by atoms with Crippen molar-refractivity contribution in [3.8, 4) is 11.5 Å². The maximum absolute atomic E-state index is 13.1. The number of nitrogens with zero attached hydrogens (tertiary/aromatic N) is 2. The summed E-state index contributed by atoms with van der Waals surface area (Å²) >= 11 is 0.789. The maximum atomic E-state index is 13.1. The Labute approximate surface area is 196 Å². The third kappa shape index (κ3) is 5.00. The summed E-state index contributed by atoms with van der Waals surface area (Å²) in [4.78, 5) is 12.5. The molecule has 1 unspecified atom stereocenters. The van der Waals surface area contributed by atoms with Crippen LogP contribution in [0.3, 0.4) is 0 Å². The van der Waals surface area contributed by atoms with Gasteiger partial charge in [-0.15, -0.1) is 10.2 Å². The molecule has 2 aromatic carbocycles. The van der Waals surface area contributed by atoms with Crippen LogP contribution in [0.2, 0.25) is 0 Å². The van der Waals surface area contributed by atoms with Crippen molar-refractivity contribution in [1.82, 2.24) is 14.9 Å². The number of aryl methyl sites for hydroxylation is 1. The molecule has 0 radical (unpaired) electrons. The van der Waals surface area contributed by atoms with E-state index in [1.165, 1.54) is 0 Å². The quantitative estimate of drug-likeness (QED) is 0.508. The summed E-state index contributed by atoms with van der Waals surface area (Å²) in [6.07, 6.45) is 0.418. The molecule has 0 saturated heterocycles. The van der Waals surface area contributed by atoms with Gasteiger partial charge in [0.1, 0.15) is 17.1 Å². The average Bonchev–Trinajstić information content (AvgIpc) is 3.22. The van der Waals surface area contributed by atoms with Crippen molar-refractivity contribution in [1.29, 1.82) is 0 Å². The fourth-order valence-corrected chi connectivity index (χ4v) is 5.79. The maximum Gasteiger partial charge on any atom is 0.270 e. The Hall–Kier alpha value is -3.02. The van der Waals surface area contributed by atoms with Crippen LogP contribution in [0.15, 0.2) is 46.8 Å². The molecule has 9 nitrogen and oxygen atoms in total. The third-order valence-electron chi connectivity index (χ3n) is 5.22. The zero-order valence-electron chi connectivity index (χ0n) is 18.6. The molecule has 1 amide bonds. The molecule has 0 aliphatic carbocycles. The van der Waals surface area contributed by atoms with Gasteiger partial charge in [-0.1, -0.05) is 35.6 Å². The van der Waals surface area contributed by atoms with Gasteiger partial charge in [0, 0.05) is 23.6 Å². The van der Waals surface area contributed by atoms with Gasteiger partial charge in [0.15, 0.2) is 0 Å². The van der Waals surface area contributed by atoms with Crippen LogP contribution in [0.25, 0.3) is 0 Å². The molecule has 174 valence electrons. The Morgan fingerprint density at radius 3 is 2.70 bits per heavy atom. The van der Waals surface area contributed by atoms with Crippen molar-refractivity contribution < 1.29 is 22.7 Å². The van der Waals surface area contributed by atoms with E-state index in [2.05, 4.69) is 20.2 Å². The molecule has 1 aromatic heterocycles. The Kier molecular flexibility index (Phi) is 6.12. The lowest BCUT2D eigenvalue weighted by Crippen LogP contribution is -2.41. The Balaban J connectivity index is 1.55. The number of anilines is 1. The van der Waals surface area contributed by atoms with Gasteiger partial charge in [-0.05, 0) is 38.5 Å². The Morgan fingerprint density at radius 2 is 1.97 bits per heavy atom. The molecule has 11 heteroatoms. The van der Waals surface area contributed by atoms with E-state index in [9.17, 15) is 13.2 Å². The van der Waals surface area contributed by atoms with Gasteiger partial charge in [0.05, 0.1) is 13.2 Å². The third-order valence-corrected chi connectivity index (χ3v) is 7.90. The van der Waals surface area contributed by atoms with E-state index in [-0.39, 0.29) is 15.4 Å². The number of benzene rings is 2. The minimum Gasteiger partial charge on any atom is -0.497 e. The molecule has 2 N–H and O–H groups in total. The number of methoxy groups -OCH3 is 1. The molecule has 0 saturated carbocycles. The van der Waals surface area contributed by atoms with Crippen LogP contribution < -0.4 is 19.5 Å². The highest BCUT2D eigenvalue weighted by Gasteiger charge is 2.37. The van der Waals surface area contributed by atoms with E-state index in [0.717, 1.165) is 16.9 Å². The van der Waals surface area contributed by atoms with E-state index in [1.807, 2.05) is 32.9 Å². The Morgan fingerprint density at radius 1 is 1.21 bits per heavy atom. The summed E-state index contributed by atoms with van der Waals surface area (Å²) in [5.41, 5.74) is 1.38. The molecule has 2 heterocycles. The zero-order valence-corrected chi connectivity index (χ0v) is 20.2. The number of ether oxygens (including phenoxy) is 2. The first-order valence-electron chi connectivity index (χ1n) is 10.2. The molecule has 1 aliphatic heterocycles. The van der Waals surface area contributed by atoms with Crippen LogP contribution in [0.5, 0.6) is 11.5 Å². The zero-order chi connectivity index (χ0) is 23.8. The van der Waals surface area contributed by atoms with E-state index in [1.54, 1.807) is 37.4 Å². The molecular weight excluding hydrogens is 464 g/mol. The van der Waals surface area contributed by atoms with Crippen LogP contribution in [0.1, 0.15) is 47.8 Å². The summed E-state index contributed by atoms with van der Waals surface area (Å²) in [5.74, 6) is 0.795. The van der Waals surface area contributed by atoms with Crippen molar-refractivity contribution in [2.24, 2.45) is 0 Å². The molecule has 4 rings (SSSR count). The fraction of sp³-hybridized carbons (Fsp3) is 0.318. The normalized spacial score (nSPS) is 17.0. The van der Waals surface area contributed by atoms with Gasteiger partial charge < -0.3 is 9.47 Å². The number of amides is 1. The molecule has 33 heavy (non-hydrogen) atoms. The first-order chi connectivity index (χ1) is 15.6. The van der Waals surface area contributed by atoms with Crippen LogP contribution in [-0.2, 0) is 10.0 Å². The highest BCUT2D eigenvalue weighted by molar-refractivity contribution is 7.91. The van der Waals surface area contributed by atoms with Crippen molar-refractivity contribution in [3.05, 3.63) is 59.2 Å². The lowest BCUT2D eigenvalue weighted by molar-refractivity contribution is 0.0698. The Bertz CT molecular complexity index is 1300. The largest absolute Gasteiger partial charge is 0.497 e. The number of carbonyl (C=O) groups is 1. The molecule has 1 aliphatic rings. The molecule has 3 aromatic rings. The van der Waals surface area contributed by atoms with E-state index < -0.39 is 21.7 Å². The van der Waals surface area contributed by atoms with E-state index >= 15 is 0 Å². The second kappa shape index (κ2) is 8.73. The standard InChI is InChI=1S/C22H24N4O5S2/c1-13-7-5-6-8-15(13)19(27)23-20-24-25-21(32-20)33(28,29)26-17-12-22(2,3)31-18-11-14(30-4)9-10-16(17)18/h5-11,17,26H,12H2,1-4H3,(H,23,24,27). The minimum atomic E-state index is -4.00. The number of hydrogen-bond donors (Lipinski definition) is 2. The number of fused-ring (bicyclic) bond motifs is 1. The van der Waals surface area contributed by atoms with Crippen molar-refractivity contribution >= 4 is 32.4 Å². The SMILES string of the molecule is COc1ccc2c(c1)OC(C)(C)CC2NS(=O)(=O)c1nnc(NC(=O)c2ccccc2C)s1. The summed E-state index contributed by atoms with van der Waals surface area (Å²) in [5, 5.41) is 10.4. The van der Waals surface area contributed by atoms with Crippen molar-refractivity contribution in [3.63, 3.8) is 0 Å². The van der Waals surface area contributed by atoms with Gasteiger partial charge in [-0.2, -0.15) is 0 Å². The smallest absolute Gasteiger partial charge is 0.270 e. The minimum absolute atomic E-state index is 0.0982. The summed E-state index contributed by atoms with van der Waals surface area (Å²) < 4.78 is 39.9. The first kappa shape index (κ1) is 23.1. The average molecular weight is 489 g/mol. The van der Waals surface area contributed by atoms with Crippen LogP contribution in [0, 0.1) is 6.92 Å². The monoisotopic (exact) mass is 488 g/mol. The lowest BCUT2D eigenvalue weighted by Gasteiger charge is -2.37. The summed E-state index contributed by atoms with van der Waals surface area (Å²) in [6.45, 7) is 5.60. The van der Waals surface area contributed by atoms with Gasteiger partial charge in [-0.25, -0.2) is 13.1 Å². The predicted octanol–water partition coefficient (Wildman–Crippen LogP) is 3.69. The number of sulfonamides is 1. The highest BCUT2D eigenvalue weighted by atomic mass is 32.2. The van der Waals surface area contributed by atoms with Gasteiger partial charge >= 0.3 is 0 Å². The lowest BCUT2D eigenvalue weighted by atomic mass is 9.90. The van der Waals surface area contributed by atoms with Gasteiger partial charge in [-0.3, -0.25) is 10.1 Å². The topological polar surface area (TPSA) is 120 Å². The van der Waals surface area contributed by atoms with Gasteiger partial charge in [0.25, 0.3) is 15.9 Å². The second-order valence-electron chi connectivity index (χ2n) is 8.29. The van der Waals surface area contributed by atoms with Gasteiger partial charge in [0.2, 0.25) is 9.47 Å². The van der Waals surface area contributed by atoms with Crippen LogP contribution in [-0.4, -0.2) is 37.2 Å². The first-order valence-corrected chi connectivity index (χ1v) is 12.5. The van der Waals surface area contributed by atoms with Crippen LogP contribution >= 0.6 is 11.3 Å². The van der Waals surface area contributed by atoms with Crippen molar-refractivity contribution in [2.75, 3.05) is 12.4 Å². The molecular formula is C22H24N4O5S2. The molecule has 0 bridgehead atoms. The number of nitrogens with one attached hydrogen (secondary N) is 2. The van der Waals surface area contributed by atoms with Crippen LogP contribution in [0.4, 0.5) is 5.13 Å². The number of rotatable bonds is 6. The van der Waals surface area contributed by atoms with E-state index in [4.69, 9.17) is 9.47 Å².